The molecule has 0 fully saturated rings. The summed E-state index contributed by atoms with van der Waals surface area (Å²) in [6.45, 7) is 12.0. The Morgan fingerprint density at radius 1 is 1.03 bits per heavy atom. The lowest BCUT2D eigenvalue weighted by atomic mass is 9.92. The van der Waals surface area contributed by atoms with E-state index in [0.717, 1.165) is 28.9 Å². The van der Waals surface area contributed by atoms with Crippen LogP contribution in [0.3, 0.4) is 0 Å². The zero-order valence-electron chi connectivity index (χ0n) is 20.3. The largest absolute Gasteiger partial charge is 0.475 e. The summed E-state index contributed by atoms with van der Waals surface area (Å²) >= 11 is 0. The van der Waals surface area contributed by atoms with Crippen molar-refractivity contribution in [3.05, 3.63) is 58.1 Å². The summed E-state index contributed by atoms with van der Waals surface area (Å²) < 4.78 is 28.8. The van der Waals surface area contributed by atoms with E-state index in [-0.39, 0.29) is 19.6 Å². The highest BCUT2D eigenvalue weighted by Crippen LogP contribution is 2.55. The first kappa shape index (κ1) is 26.4. The maximum Gasteiger partial charge on any atom is 0.368 e. The standard InChI is InChI=1S/C25H37O6P/c1-8-25(9-2,32(26,27)28)31-21-12-18(5)23(19(6)13-21)15-20-10-11-24(30-16-29-7)22(14-20)17(3)4/h10-14,17H,8-9,15-16H2,1-7H3,(H2,26,27,28). The molecule has 6 nitrogen and oxygen atoms in total. The number of hydrogen-bond acceptors (Lipinski definition) is 4. The smallest absolute Gasteiger partial charge is 0.368 e. The molecule has 0 unspecified atom stereocenters. The number of hydrogen-bond donors (Lipinski definition) is 2. The summed E-state index contributed by atoms with van der Waals surface area (Å²) in [5, 5.41) is -1.50. The van der Waals surface area contributed by atoms with Crippen LogP contribution >= 0.6 is 7.60 Å². The van der Waals surface area contributed by atoms with Crippen LogP contribution in [0.2, 0.25) is 0 Å². The van der Waals surface area contributed by atoms with Gasteiger partial charge >= 0.3 is 7.60 Å². The van der Waals surface area contributed by atoms with Gasteiger partial charge in [0.05, 0.1) is 0 Å². The highest BCUT2D eigenvalue weighted by atomic mass is 31.2. The third-order valence-corrected chi connectivity index (χ3v) is 7.81. The van der Waals surface area contributed by atoms with Gasteiger partial charge < -0.3 is 24.0 Å². The molecular weight excluding hydrogens is 427 g/mol. The van der Waals surface area contributed by atoms with Crippen molar-refractivity contribution in [2.24, 2.45) is 0 Å². The summed E-state index contributed by atoms with van der Waals surface area (Å²) in [4.78, 5) is 19.8. The third kappa shape index (κ3) is 5.93. The molecule has 178 valence electrons. The van der Waals surface area contributed by atoms with Crippen LogP contribution in [0.1, 0.15) is 74.3 Å². The summed E-state index contributed by atoms with van der Waals surface area (Å²) in [6, 6.07) is 9.97. The van der Waals surface area contributed by atoms with Crippen molar-refractivity contribution in [2.45, 2.75) is 72.1 Å². The van der Waals surface area contributed by atoms with Gasteiger partial charge in [0.25, 0.3) is 0 Å². The Kier molecular flexibility index (Phi) is 8.95. The van der Waals surface area contributed by atoms with Gasteiger partial charge in [0, 0.05) is 7.11 Å². The molecular formula is C25H37O6P. The predicted molar refractivity (Wildman–Crippen MR) is 128 cm³/mol. The Labute approximate surface area is 192 Å². The van der Waals surface area contributed by atoms with Crippen LogP contribution in [0.4, 0.5) is 0 Å². The molecule has 0 bridgehead atoms. The summed E-state index contributed by atoms with van der Waals surface area (Å²) in [5.41, 5.74) is 5.53. The summed E-state index contributed by atoms with van der Waals surface area (Å²) in [6.07, 6.45) is 1.19. The zero-order valence-corrected chi connectivity index (χ0v) is 21.2. The van der Waals surface area contributed by atoms with Crippen LogP contribution in [0.15, 0.2) is 30.3 Å². The minimum Gasteiger partial charge on any atom is -0.475 e. The molecule has 0 aliphatic carbocycles. The van der Waals surface area contributed by atoms with Crippen LogP contribution < -0.4 is 9.47 Å². The van der Waals surface area contributed by atoms with E-state index in [2.05, 4.69) is 26.0 Å². The molecule has 7 heteroatoms. The van der Waals surface area contributed by atoms with E-state index in [0.29, 0.717) is 11.7 Å². The van der Waals surface area contributed by atoms with E-state index in [1.54, 1.807) is 21.0 Å². The molecule has 0 heterocycles. The van der Waals surface area contributed by atoms with Crippen LogP contribution in [0.25, 0.3) is 0 Å². The SMILES string of the molecule is CCC(CC)(Oc1cc(C)c(Cc2ccc(OCOC)c(C(C)C)c2)c(C)c1)P(=O)(O)O. The van der Waals surface area contributed by atoms with Crippen LogP contribution in [-0.4, -0.2) is 29.0 Å². The first-order valence-corrected chi connectivity index (χ1v) is 12.7. The monoisotopic (exact) mass is 464 g/mol. The van der Waals surface area contributed by atoms with Crippen LogP contribution in [0.5, 0.6) is 11.5 Å². The number of aryl methyl sites for hydroxylation is 2. The average Bonchev–Trinajstić information content (AvgIpc) is 2.72. The van der Waals surface area contributed by atoms with Crippen molar-refractivity contribution in [1.82, 2.24) is 0 Å². The van der Waals surface area contributed by atoms with Crippen LogP contribution in [-0.2, 0) is 15.7 Å². The normalized spacial score (nSPS) is 12.3. The number of benzene rings is 2. The Balaban J connectivity index is 2.35. The molecule has 0 saturated heterocycles. The van der Waals surface area contributed by atoms with Gasteiger partial charge in [-0.15, -0.1) is 0 Å². The van der Waals surface area contributed by atoms with Gasteiger partial charge in [-0.05, 0) is 85.0 Å². The van der Waals surface area contributed by atoms with Crippen molar-refractivity contribution in [3.8, 4) is 11.5 Å². The molecule has 0 amide bonds. The zero-order chi connectivity index (χ0) is 24.1. The van der Waals surface area contributed by atoms with E-state index >= 15 is 0 Å². The molecule has 0 aromatic heterocycles. The lowest BCUT2D eigenvalue weighted by Gasteiger charge is -2.33. The fourth-order valence-electron chi connectivity index (χ4n) is 3.99. The second-order valence-corrected chi connectivity index (χ2v) is 10.5. The minimum atomic E-state index is -4.44. The molecule has 0 aliphatic heterocycles. The quantitative estimate of drug-likeness (QED) is 0.310. The average molecular weight is 465 g/mol. The van der Waals surface area contributed by atoms with Gasteiger partial charge in [0.15, 0.2) is 6.79 Å². The molecule has 0 radical (unpaired) electrons. The Hall–Kier alpha value is -1.85. The van der Waals surface area contributed by atoms with Crippen molar-refractivity contribution in [2.75, 3.05) is 13.9 Å². The third-order valence-electron chi connectivity index (χ3n) is 6.02. The van der Waals surface area contributed by atoms with Crippen molar-refractivity contribution >= 4 is 7.60 Å². The fourth-order valence-corrected chi connectivity index (χ4v) is 5.04. The van der Waals surface area contributed by atoms with Gasteiger partial charge in [-0.3, -0.25) is 4.57 Å². The van der Waals surface area contributed by atoms with E-state index in [4.69, 9.17) is 14.2 Å². The van der Waals surface area contributed by atoms with Gasteiger partial charge in [0.1, 0.15) is 11.5 Å². The number of rotatable bonds is 11. The first-order valence-electron chi connectivity index (χ1n) is 11.1. The molecule has 0 aliphatic rings. The second kappa shape index (κ2) is 10.8. The maximum atomic E-state index is 12.1. The predicted octanol–water partition coefficient (Wildman–Crippen LogP) is 6.07. The van der Waals surface area contributed by atoms with E-state index in [1.807, 2.05) is 32.0 Å². The lowest BCUT2D eigenvalue weighted by molar-refractivity contribution is 0.0502. The Morgan fingerprint density at radius 3 is 2.09 bits per heavy atom. The number of methoxy groups -OCH3 is 1. The minimum absolute atomic E-state index is 0.213. The van der Waals surface area contributed by atoms with Crippen LogP contribution in [0, 0.1) is 13.8 Å². The number of ether oxygens (including phenoxy) is 3. The fraction of sp³-hybridized carbons (Fsp3) is 0.520. The maximum absolute atomic E-state index is 12.1. The van der Waals surface area contributed by atoms with Crippen molar-refractivity contribution < 1.29 is 28.6 Å². The molecule has 2 rings (SSSR count). The van der Waals surface area contributed by atoms with Gasteiger partial charge in [-0.25, -0.2) is 0 Å². The van der Waals surface area contributed by atoms with E-state index < -0.39 is 12.9 Å². The first-order chi connectivity index (χ1) is 15.0. The van der Waals surface area contributed by atoms with Gasteiger partial charge in [-0.1, -0.05) is 39.8 Å². The summed E-state index contributed by atoms with van der Waals surface area (Å²) in [5.74, 6) is 1.63. The van der Waals surface area contributed by atoms with Gasteiger partial charge in [0.2, 0.25) is 5.34 Å². The summed E-state index contributed by atoms with van der Waals surface area (Å²) in [7, 11) is -2.84. The second-order valence-electron chi connectivity index (χ2n) is 8.59. The molecule has 0 atom stereocenters. The Bertz CT molecular complexity index is 936. The molecule has 0 saturated carbocycles. The molecule has 0 spiro atoms. The van der Waals surface area contributed by atoms with Crippen molar-refractivity contribution in [1.29, 1.82) is 0 Å². The molecule has 2 aromatic rings. The highest BCUT2D eigenvalue weighted by molar-refractivity contribution is 7.53. The molecule has 32 heavy (non-hydrogen) atoms. The van der Waals surface area contributed by atoms with E-state index in [1.165, 1.54) is 11.1 Å². The van der Waals surface area contributed by atoms with E-state index in [9.17, 15) is 14.4 Å². The highest BCUT2D eigenvalue weighted by Gasteiger charge is 2.46. The molecule has 2 aromatic carbocycles. The topological polar surface area (TPSA) is 85.2 Å². The Morgan fingerprint density at radius 2 is 1.62 bits per heavy atom. The van der Waals surface area contributed by atoms with Gasteiger partial charge in [-0.2, -0.15) is 0 Å². The van der Waals surface area contributed by atoms with Crippen molar-refractivity contribution in [3.63, 3.8) is 0 Å². The molecule has 2 N–H and O–H groups in total. The lowest BCUT2D eigenvalue weighted by Crippen LogP contribution is -2.34.